The van der Waals surface area contributed by atoms with E-state index in [-0.39, 0.29) is 5.91 Å². The number of carbonyl (C=O) groups excluding carboxylic acids is 1. The molecule has 130 valence electrons. The number of rotatable bonds is 7. The van der Waals surface area contributed by atoms with Gasteiger partial charge in [-0.05, 0) is 55.9 Å². The van der Waals surface area contributed by atoms with E-state index in [9.17, 15) is 4.79 Å². The fraction of sp³-hybridized carbons (Fsp3) is 0.350. The predicted octanol–water partition coefficient (Wildman–Crippen LogP) is 3.71. The second-order valence-electron chi connectivity index (χ2n) is 6.26. The molecule has 0 fully saturated rings. The number of nitrogens with zero attached hydrogens (tertiary/aromatic N) is 2. The Kier molecular flexibility index (Phi) is 6.15. The van der Waals surface area contributed by atoms with Gasteiger partial charge >= 0.3 is 0 Å². The van der Waals surface area contributed by atoms with Crippen LogP contribution in [0.4, 0.5) is 5.82 Å². The monoisotopic (exact) mass is 336 g/mol. The zero-order valence-corrected chi connectivity index (χ0v) is 14.4. The zero-order valence-electron chi connectivity index (χ0n) is 14.4. The Morgan fingerprint density at radius 3 is 2.96 bits per heavy atom. The molecule has 2 aromatic rings. The van der Waals surface area contributed by atoms with Gasteiger partial charge in [0.2, 0.25) is 0 Å². The van der Waals surface area contributed by atoms with Crippen LogP contribution in [0.15, 0.2) is 54.5 Å². The standard InChI is InChI=1S/C20H24N4O/c25-20(24-15-17-7-4-10-21-14-17)18-9-12-23-19(13-18)22-11-8-16-5-2-1-3-6-16/h4-5,7,9-10,12-14H,1-3,6,8,11,15H2,(H,22,23)(H,24,25). The molecular weight excluding hydrogens is 312 g/mol. The molecule has 1 aliphatic rings. The molecule has 0 aliphatic heterocycles. The van der Waals surface area contributed by atoms with Crippen molar-refractivity contribution in [1.82, 2.24) is 15.3 Å². The quantitative estimate of drug-likeness (QED) is 0.757. The molecule has 1 amide bonds. The number of nitrogens with one attached hydrogen (secondary N) is 2. The minimum absolute atomic E-state index is 0.107. The third-order valence-corrected chi connectivity index (χ3v) is 4.34. The van der Waals surface area contributed by atoms with Crippen molar-refractivity contribution in [2.75, 3.05) is 11.9 Å². The van der Waals surface area contributed by atoms with Gasteiger partial charge in [0.05, 0.1) is 0 Å². The highest BCUT2D eigenvalue weighted by Gasteiger charge is 2.07. The number of carbonyl (C=O) groups is 1. The summed E-state index contributed by atoms with van der Waals surface area (Å²) in [6.07, 6.45) is 13.6. The van der Waals surface area contributed by atoms with Crippen molar-refractivity contribution in [2.45, 2.75) is 38.6 Å². The molecule has 0 bridgehead atoms. The van der Waals surface area contributed by atoms with Crippen LogP contribution >= 0.6 is 0 Å². The van der Waals surface area contributed by atoms with Crippen molar-refractivity contribution in [1.29, 1.82) is 0 Å². The van der Waals surface area contributed by atoms with Gasteiger partial charge in [-0.25, -0.2) is 4.98 Å². The molecule has 0 spiro atoms. The Balaban J connectivity index is 1.50. The maximum atomic E-state index is 12.3. The van der Waals surface area contributed by atoms with E-state index in [0.717, 1.165) is 24.3 Å². The van der Waals surface area contributed by atoms with Gasteiger partial charge in [-0.1, -0.05) is 17.7 Å². The van der Waals surface area contributed by atoms with E-state index in [2.05, 4.69) is 26.7 Å². The normalized spacial score (nSPS) is 13.8. The van der Waals surface area contributed by atoms with Crippen LogP contribution < -0.4 is 10.6 Å². The highest BCUT2D eigenvalue weighted by atomic mass is 16.1. The molecule has 0 radical (unpaired) electrons. The molecule has 3 rings (SSSR count). The highest BCUT2D eigenvalue weighted by Crippen LogP contribution is 2.20. The predicted molar refractivity (Wildman–Crippen MR) is 99.3 cm³/mol. The number of amides is 1. The Labute approximate surface area is 148 Å². The number of anilines is 1. The SMILES string of the molecule is O=C(NCc1cccnc1)c1ccnc(NCCC2=CCCCC2)c1. The van der Waals surface area contributed by atoms with Gasteiger partial charge in [0.1, 0.15) is 5.82 Å². The van der Waals surface area contributed by atoms with E-state index in [1.165, 1.54) is 31.3 Å². The van der Waals surface area contributed by atoms with E-state index < -0.39 is 0 Å². The molecule has 25 heavy (non-hydrogen) atoms. The average Bonchev–Trinajstić information content (AvgIpc) is 2.68. The summed E-state index contributed by atoms with van der Waals surface area (Å²) in [7, 11) is 0. The van der Waals surface area contributed by atoms with Crippen LogP contribution in [0.1, 0.15) is 48.0 Å². The average molecular weight is 336 g/mol. The number of pyridine rings is 2. The van der Waals surface area contributed by atoms with Crippen molar-refractivity contribution < 1.29 is 4.79 Å². The molecule has 0 atom stereocenters. The van der Waals surface area contributed by atoms with Crippen LogP contribution in [0.2, 0.25) is 0 Å². The summed E-state index contributed by atoms with van der Waals surface area (Å²) >= 11 is 0. The van der Waals surface area contributed by atoms with Crippen LogP contribution in [0, 0.1) is 0 Å². The fourth-order valence-corrected chi connectivity index (χ4v) is 2.94. The lowest BCUT2D eigenvalue weighted by atomic mass is 9.97. The van der Waals surface area contributed by atoms with Gasteiger partial charge in [-0.15, -0.1) is 0 Å². The third kappa shape index (κ3) is 5.41. The van der Waals surface area contributed by atoms with Gasteiger partial charge in [-0.3, -0.25) is 9.78 Å². The minimum atomic E-state index is -0.107. The Bertz CT molecular complexity index is 727. The Morgan fingerprint density at radius 1 is 1.20 bits per heavy atom. The Hall–Kier alpha value is -2.69. The van der Waals surface area contributed by atoms with E-state index in [1.807, 2.05) is 12.1 Å². The molecule has 0 saturated heterocycles. The second kappa shape index (κ2) is 8.97. The van der Waals surface area contributed by atoms with Gasteiger partial charge in [0, 0.05) is 37.2 Å². The van der Waals surface area contributed by atoms with Gasteiger partial charge < -0.3 is 10.6 Å². The van der Waals surface area contributed by atoms with Crippen molar-refractivity contribution in [2.24, 2.45) is 0 Å². The summed E-state index contributed by atoms with van der Waals surface area (Å²) in [6.45, 7) is 1.31. The van der Waals surface area contributed by atoms with Crippen molar-refractivity contribution in [3.63, 3.8) is 0 Å². The largest absolute Gasteiger partial charge is 0.370 e. The van der Waals surface area contributed by atoms with Crippen LogP contribution in [0.3, 0.4) is 0 Å². The summed E-state index contributed by atoms with van der Waals surface area (Å²) in [5.41, 5.74) is 3.12. The number of allylic oxidation sites excluding steroid dienone is 1. The highest BCUT2D eigenvalue weighted by molar-refractivity contribution is 5.94. The van der Waals surface area contributed by atoms with Gasteiger partial charge in [-0.2, -0.15) is 0 Å². The molecule has 5 heteroatoms. The molecule has 5 nitrogen and oxygen atoms in total. The summed E-state index contributed by atoms with van der Waals surface area (Å²) < 4.78 is 0. The lowest BCUT2D eigenvalue weighted by Crippen LogP contribution is -2.23. The number of aromatic nitrogens is 2. The van der Waals surface area contributed by atoms with E-state index >= 15 is 0 Å². The Morgan fingerprint density at radius 2 is 2.16 bits per heavy atom. The molecule has 1 aliphatic carbocycles. The summed E-state index contributed by atoms with van der Waals surface area (Å²) in [5.74, 6) is 0.634. The first-order valence-corrected chi connectivity index (χ1v) is 8.86. The molecule has 0 unspecified atom stereocenters. The van der Waals surface area contributed by atoms with Crippen LogP contribution in [0.5, 0.6) is 0 Å². The van der Waals surface area contributed by atoms with Gasteiger partial charge in [0.25, 0.3) is 5.91 Å². The van der Waals surface area contributed by atoms with Crippen molar-refractivity contribution >= 4 is 11.7 Å². The van der Waals surface area contributed by atoms with E-state index in [1.54, 1.807) is 30.7 Å². The topological polar surface area (TPSA) is 66.9 Å². The minimum Gasteiger partial charge on any atom is -0.370 e. The first-order chi connectivity index (χ1) is 12.3. The molecule has 2 heterocycles. The molecule has 0 aromatic carbocycles. The molecular formula is C20H24N4O. The van der Waals surface area contributed by atoms with E-state index in [0.29, 0.717) is 12.1 Å². The lowest BCUT2D eigenvalue weighted by Gasteiger charge is -2.13. The van der Waals surface area contributed by atoms with Crippen LogP contribution in [-0.4, -0.2) is 22.4 Å². The van der Waals surface area contributed by atoms with E-state index in [4.69, 9.17) is 0 Å². The van der Waals surface area contributed by atoms with Crippen LogP contribution in [-0.2, 0) is 6.54 Å². The summed E-state index contributed by atoms with van der Waals surface area (Å²) in [6, 6.07) is 7.33. The first-order valence-electron chi connectivity index (χ1n) is 8.86. The van der Waals surface area contributed by atoms with Crippen molar-refractivity contribution in [3.8, 4) is 0 Å². The fourth-order valence-electron chi connectivity index (χ4n) is 2.94. The maximum Gasteiger partial charge on any atom is 0.251 e. The first kappa shape index (κ1) is 17.1. The number of hydrogen-bond donors (Lipinski definition) is 2. The molecule has 2 N–H and O–H groups in total. The zero-order chi connectivity index (χ0) is 17.3. The summed E-state index contributed by atoms with van der Waals surface area (Å²) in [5, 5.41) is 6.23. The molecule has 2 aromatic heterocycles. The van der Waals surface area contributed by atoms with Crippen LogP contribution in [0.25, 0.3) is 0 Å². The lowest BCUT2D eigenvalue weighted by molar-refractivity contribution is 0.0951. The smallest absolute Gasteiger partial charge is 0.251 e. The molecule has 0 saturated carbocycles. The number of hydrogen-bond acceptors (Lipinski definition) is 4. The van der Waals surface area contributed by atoms with Crippen molar-refractivity contribution in [3.05, 3.63) is 65.6 Å². The summed E-state index contributed by atoms with van der Waals surface area (Å²) in [4.78, 5) is 20.6. The third-order valence-electron chi connectivity index (χ3n) is 4.34. The second-order valence-corrected chi connectivity index (χ2v) is 6.26. The van der Waals surface area contributed by atoms with Gasteiger partial charge in [0.15, 0.2) is 0 Å². The maximum absolute atomic E-state index is 12.3.